The first-order valence-corrected chi connectivity index (χ1v) is 7.25. The number of unbranched alkanes of at least 4 members (excludes halogenated alkanes) is 8. The van der Waals surface area contributed by atoms with E-state index < -0.39 is 0 Å². The van der Waals surface area contributed by atoms with E-state index in [-0.39, 0.29) is 0 Å². The van der Waals surface area contributed by atoms with E-state index in [4.69, 9.17) is 0 Å². The second-order valence-corrected chi connectivity index (χ2v) is 4.37. The van der Waals surface area contributed by atoms with Gasteiger partial charge in [-0.3, -0.25) is 0 Å². The molecule has 0 nitrogen and oxygen atoms in total. The Morgan fingerprint density at radius 3 is 1.92 bits per heavy atom. The zero-order valence-electron chi connectivity index (χ0n) is 8.94. The SMILES string of the molecule is CCCCCCCCCCC#[C][SbH2]. The topological polar surface area (TPSA) is 0 Å². The molecule has 0 aromatic carbocycles. The van der Waals surface area contributed by atoms with Crippen LogP contribution in [0.4, 0.5) is 0 Å². The van der Waals surface area contributed by atoms with Crippen molar-refractivity contribution < 1.29 is 0 Å². The van der Waals surface area contributed by atoms with E-state index in [0.717, 1.165) is 29.4 Å². The van der Waals surface area contributed by atoms with Crippen molar-refractivity contribution in [3.63, 3.8) is 0 Å². The maximum absolute atomic E-state index is 3.17. The van der Waals surface area contributed by atoms with Crippen LogP contribution in [-0.4, -0.2) is 23.0 Å². The number of hydrogen-bond donors (Lipinski definition) is 0. The van der Waals surface area contributed by atoms with Crippen LogP contribution in [0.15, 0.2) is 0 Å². The van der Waals surface area contributed by atoms with Gasteiger partial charge in [0.25, 0.3) is 0 Å². The van der Waals surface area contributed by atoms with Crippen LogP contribution in [0.1, 0.15) is 64.7 Å². The van der Waals surface area contributed by atoms with E-state index in [1.54, 1.807) is 0 Å². The Kier molecular flexibility index (Phi) is 12.7. The van der Waals surface area contributed by atoms with E-state index in [9.17, 15) is 0 Å². The van der Waals surface area contributed by atoms with Crippen LogP contribution in [0.2, 0.25) is 0 Å². The Morgan fingerprint density at radius 1 is 0.846 bits per heavy atom. The zero-order chi connectivity index (χ0) is 9.78. The summed E-state index contributed by atoms with van der Waals surface area (Å²) in [7, 11) is 0. The summed E-state index contributed by atoms with van der Waals surface area (Å²) in [5.41, 5.74) is 0. The van der Waals surface area contributed by atoms with Gasteiger partial charge in [0.05, 0.1) is 0 Å². The van der Waals surface area contributed by atoms with Crippen molar-refractivity contribution in [3.05, 3.63) is 0 Å². The first kappa shape index (κ1) is 13.4. The van der Waals surface area contributed by atoms with E-state index in [1.807, 2.05) is 0 Å². The third-order valence-corrected chi connectivity index (χ3v) is 2.84. The third kappa shape index (κ3) is 12.4. The Hall–Kier alpha value is 0.378. The Bertz CT molecular complexity index is 141. The van der Waals surface area contributed by atoms with Crippen molar-refractivity contribution in [3.8, 4) is 9.79 Å². The van der Waals surface area contributed by atoms with Gasteiger partial charge in [-0.1, -0.05) is 0 Å². The van der Waals surface area contributed by atoms with Crippen LogP contribution in [0, 0.1) is 9.79 Å². The van der Waals surface area contributed by atoms with Gasteiger partial charge >= 0.3 is 97.5 Å². The van der Waals surface area contributed by atoms with Gasteiger partial charge in [0.15, 0.2) is 0 Å². The quantitative estimate of drug-likeness (QED) is 0.366. The summed E-state index contributed by atoms with van der Waals surface area (Å²) in [6.07, 6.45) is 12.4. The number of rotatable bonds is 8. The van der Waals surface area contributed by atoms with Gasteiger partial charge in [0, 0.05) is 0 Å². The van der Waals surface area contributed by atoms with Gasteiger partial charge < -0.3 is 0 Å². The minimum absolute atomic E-state index is 1.10. The van der Waals surface area contributed by atoms with Gasteiger partial charge in [-0.15, -0.1) is 0 Å². The van der Waals surface area contributed by atoms with Crippen LogP contribution in [-0.2, 0) is 0 Å². The van der Waals surface area contributed by atoms with Crippen molar-refractivity contribution in [1.29, 1.82) is 0 Å². The number of hydrogen-bond acceptors (Lipinski definition) is 0. The first-order valence-electron chi connectivity index (χ1n) is 5.60. The molecule has 0 saturated heterocycles. The van der Waals surface area contributed by atoms with E-state index in [0.29, 0.717) is 0 Å². The Balaban J connectivity index is 2.86. The summed E-state index contributed by atoms with van der Waals surface area (Å²) in [6.45, 7) is 2.27. The molecule has 0 aliphatic carbocycles. The molecule has 0 aliphatic rings. The van der Waals surface area contributed by atoms with Crippen molar-refractivity contribution in [1.82, 2.24) is 0 Å². The summed E-state index contributed by atoms with van der Waals surface area (Å²) in [5, 5.41) is 0. The molecule has 0 fully saturated rings. The molecular formula is C12H23Sb. The molecule has 0 saturated carbocycles. The normalized spacial score (nSPS) is 9.38. The molecule has 0 heterocycles. The average Bonchev–Trinajstić information content (AvgIpc) is 2.16. The molecular weight excluding hydrogens is 266 g/mol. The minimum atomic E-state index is 1.10. The maximum atomic E-state index is 3.17. The van der Waals surface area contributed by atoms with Gasteiger partial charge in [-0.05, 0) is 0 Å². The van der Waals surface area contributed by atoms with Crippen LogP contribution in [0.3, 0.4) is 0 Å². The molecule has 76 valence electrons. The summed E-state index contributed by atoms with van der Waals surface area (Å²) in [5.74, 6) is 3.17. The monoisotopic (exact) mass is 288 g/mol. The van der Waals surface area contributed by atoms with Crippen molar-refractivity contribution in [2.75, 3.05) is 0 Å². The molecule has 0 aromatic heterocycles. The molecule has 0 amide bonds. The molecule has 0 unspecified atom stereocenters. The summed E-state index contributed by atoms with van der Waals surface area (Å²) >= 11 is 1.10. The molecule has 0 atom stereocenters. The van der Waals surface area contributed by atoms with Crippen LogP contribution in [0.25, 0.3) is 0 Å². The van der Waals surface area contributed by atoms with Crippen LogP contribution in [0.5, 0.6) is 0 Å². The van der Waals surface area contributed by atoms with Gasteiger partial charge in [0.1, 0.15) is 0 Å². The van der Waals surface area contributed by atoms with Gasteiger partial charge in [0.2, 0.25) is 0 Å². The molecule has 0 aliphatic heterocycles. The van der Waals surface area contributed by atoms with E-state index in [2.05, 4.69) is 16.7 Å². The third-order valence-electron chi connectivity index (χ3n) is 2.26. The van der Waals surface area contributed by atoms with Crippen LogP contribution >= 0.6 is 0 Å². The molecule has 0 spiro atoms. The van der Waals surface area contributed by atoms with E-state index in [1.165, 1.54) is 51.4 Å². The molecule has 0 radical (unpaired) electrons. The molecule has 1 heteroatoms. The van der Waals surface area contributed by atoms with Crippen molar-refractivity contribution in [2.24, 2.45) is 0 Å². The fraction of sp³-hybridized carbons (Fsp3) is 0.833. The van der Waals surface area contributed by atoms with Gasteiger partial charge in [-0.25, -0.2) is 0 Å². The zero-order valence-corrected chi connectivity index (χ0v) is 12.2. The van der Waals surface area contributed by atoms with Gasteiger partial charge in [-0.2, -0.15) is 0 Å². The predicted octanol–water partition coefficient (Wildman–Crippen LogP) is 3.11. The summed E-state index contributed by atoms with van der Waals surface area (Å²) in [6, 6.07) is 0. The summed E-state index contributed by atoms with van der Waals surface area (Å²) in [4.78, 5) is 0. The fourth-order valence-electron chi connectivity index (χ4n) is 1.42. The predicted molar refractivity (Wildman–Crippen MR) is 63.5 cm³/mol. The van der Waals surface area contributed by atoms with Crippen molar-refractivity contribution >= 4 is 23.0 Å². The van der Waals surface area contributed by atoms with E-state index >= 15 is 0 Å². The van der Waals surface area contributed by atoms with Crippen molar-refractivity contribution in [2.45, 2.75) is 64.7 Å². The second kappa shape index (κ2) is 12.4. The molecule has 0 bridgehead atoms. The van der Waals surface area contributed by atoms with Crippen LogP contribution < -0.4 is 0 Å². The Labute approximate surface area is 97.4 Å². The molecule has 0 rings (SSSR count). The average molecular weight is 289 g/mol. The first-order chi connectivity index (χ1) is 6.41. The molecule has 13 heavy (non-hydrogen) atoms. The molecule has 0 N–H and O–H groups in total. The standard InChI is InChI=1S/C12H21.Sb.2H/c1-3-5-7-9-11-12-10-8-6-4-2;;;/h3,5-12H2,1H3;;;. The molecule has 0 aromatic rings. The summed E-state index contributed by atoms with van der Waals surface area (Å²) < 4.78 is 3.07. The fourth-order valence-corrected chi connectivity index (χ4v) is 1.83. The Morgan fingerprint density at radius 2 is 1.38 bits per heavy atom. The second-order valence-electron chi connectivity index (χ2n) is 3.55.